The maximum absolute atomic E-state index is 2.56. The van der Waals surface area contributed by atoms with Crippen LogP contribution >= 0.6 is 7.14 Å². The Morgan fingerprint density at radius 2 is 1.00 bits per heavy atom. The van der Waals surface area contributed by atoms with Crippen molar-refractivity contribution in [1.29, 1.82) is 0 Å². The van der Waals surface area contributed by atoms with E-state index in [2.05, 4.69) is 113 Å². The minimum Gasteiger partial charge on any atom is -0.158 e. The van der Waals surface area contributed by atoms with Crippen molar-refractivity contribution >= 4 is 29.4 Å². The van der Waals surface area contributed by atoms with Gasteiger partial charge in [0.05, 0.1) is 0 Å². The number of benzene rings is 3. The summed E-state index contributed by atoms with van der Waals surface area (Å²) < 4.78 is 0. The van der Waals surface area contributed by atoms with Crippen LogP contribution in [0.3, 0.4) is 0 Å². The lowest BCUT2D eigenvalue weighted by atomic mass is 9.33. The summed E-state index contributed by atoms with van der Waals surface area (Å²) in [5.74, 6) is -0.962. The molecule has 3 aromatic rings. The Labute approximate surface area is 170 Å². The number of allylic oxidation sites excluding steroid dienone is 1. The van der Waals surface area contributed by atoms with Crippen molar-refractivity contribution in [2.24, 2.45) is 0 Å². The molecule has 1 aliphatic rings. The van der Waals surface area contributed by atoms with Gasteiger partial charge < -0.3 is 0 Å². The van der Waals surface area contributed by atoms with E-state index in [9.17, 15) is 0 Å². The van der Waals surface area contributed by atoms with E-state index < -0.39 is 13.0 Å². The Hall–Kier alpha value is -2.11. The molecule has 1 aliphatic heterocycles. The fraction of sp³-hybridized carbons (Fsp3) is 0.231. The fourth-order valence-electron chi connectivity index (χ4n) is 5.19. The molecule has 0 unspecified atom stereocenters. The second-order valence-corrected chi connectivity index (χ2v) is 13.8. The first-order chi connectivity index (χ1) is 13.3. The van der Waals surface area contributed by atoms with E-state index in [4.69, 9.17) is 0 Å². The van der Waals surface area contributed by atoms with Crippen LogP contribution in [0.1, 0.15) is 22.3 Å². The third-order valence-electron chi connectivity index (χ3n) is 6.78. The largest absolute Gasteiger partial charge is 0.246 e. The molecular weight excluding hydrogens is 354 g/mol. The zero-order chi connectivity index (χ0) is 19.9. The lowest BCUT2D eigenvalue weighted by Crippen LogP contribution is -2.59. The molecule has 3 aromatic carbocycles. The summed E-state index contributed by atoms with van der Waals surface area (Å²) in [6, 6.07) is 27.9. The second kappa shape index (κ2) is 7.05. The molecule has 0 atom stereocenters. The summed E-state index contributed by atoms with van der Waals surface area (Å²) in [7, 11) is -1.27. The summed E-state index contributed by atoms with van der Waals surface area (Å²) in [5, 5.41) is 0. The molecule has 0 radical (unpaired) electrons. The lowest BCUT2D eigenvalue weighted by Gasteiger charge is -2.46. The van der Waals surface area contributed by atoms with Gasteiger partial charge in [0.25, 0.3) is 0 Å². The monoisotopic (exact) mass is 384 g/mol. The fourth-order valence-corrected chi connectivity index (χ4v) is 9.14. The van der Waals surface area contributed by atoms with E-state index in [1.165, 1.54) is 39.3 Å². The van der Waals surface area contributed by atoms with Gasteiger partial charge in [-0.1, -0.05) is 101 Å². The molecule has 1 heterocycles. The normalized spacial score (nSPS) is 17.4. The predicted octanol–water partition coefficient (Wildman–Crippen LogP) is 5.59. The molecule has 0 saturated carbocycles. The first kappa shape index (κ1) is 19.2. The highest BCUT2D eigenvalue weighted by Gasteiger charge is 2.54. The van der Waals surface area contributed by atoms with Crippen molar-refractivity contribution in [2.75, 3.05) is 19.5 Å². The van der Waals surface area contributed by atoms with Crippen LogP contribution in [0.25, 0.3) is 5.47 Å². The zero-order valence-corrected chi connectivity index (χ0v) is 18.6. The number of aryl methyl sites for hydroxylation is 3. The Bertz CT molecular complexity index is 964. The summed E-state index contributed by atoms with van der Waals surface area (Å²) in [6.07, 6.45) is 3.76. The molecule has 0 saturated heterocycles. The Balaban J connectivity index is 2.03. The Morgan fingerprint density at radius 3 is 1.43 bits per heavy atom. The van der Waals surface area contributed by atoms with E-state index in [0.29, 0.717) is 0 Å². The third-order valence-corrected chi connectivity index (χ3v) is 10.9. The van der Waals surface area contributed by atoms with Gasteiger partial charge in [0.2, 0.25) is 5.87 Å². The van der Waals surface area contributed by atoms with Crippen LogP contribution in [-0.4, -0.2) is 25.4 Å². The number of rotatable bonds is 3. The predicted molar refractivity (Wildman–Crippen MR) is 130 cm³/mol. The smallest absolute Gasteiger partial charge is 0.158 e. The second-order valence-electron chi connectivity index (χ2n) is 9.13. The molecule has 0 nitrogen and oxygen atoms in total. The average molecular weight is 384 g/mol. The van der Waals surface area contributed by atoms with Crippen molar-refractivity contribution in [2.45, 2.75) is 20.8 Å². The van der Waals surface area contributed by atoms with Crippen LogP contribution in [0.15, 0.2) is 78.9 Å². The molecule has 0 spiro atoms. The van der Waals surface area contributed by atoms with Gasteiger partial charge >= 0.3 is 0 Å². The van der Waals surface area contributed by atoms with Crippen LogP contribution in [-0.2, 0) is 0 Å². The van der Waals surface area contributed by atoms with Crippen molar-refractivity contribution in [3.05, 3.63) is 101 Å². The van der Waals surface area contributed by atoms with Gasteiger partial charge in [-0.25, -0.2) is 0 Å². The van der Waals surface area contributed by atoms with E-state index >= 15 is 0 Å². The highest BCUT2D eigenvalue weighted by molar-refractivity contribution is 8.14. The first-order valence-electron chi connectivity index (χ1n) is 10.2. The maximum Gasteiger partial charge on any atom is 0.246 e. The van der Waals surface area contributed by atoms with Crippen molar-refractivity contribution < 1.29 is 0 Å². The Morgan fingerprint density at radius 1 is 0.607 bits per heavy atom. The molecule has 0 bridgehead atoms. The molecular formula is C26H30BP. The minimum atomic E-state index is -1.27. The van der Waals surface area contributed by atoms with Crippen LogP contribution in [0.4, 0.5) is 0 Å². The van der Waals surface area contributed by atoms with Gasteiger partial charge in [0.15, 0.2) is 0 Å². The summed E-state index contributed by atoms with van der Waals surface area (Å²) >= 11 is 0. The van der Waals surface area contributed by atoms with Gasteiger partial charge in [-0.3, -0.25) is 0 Å². The van der Waals surface area contributed by atoms with Gasteiger partial charge in [-0.2, -0.15) is 16.4 Å². The van der Waals surface area contributed by atoms with E-state index in [1.807, 2.05) is 0 Å². The average Bonchev–Trinajstić information content (AvgIpc) is 2.95. The minimum absolute atomic E-state index is 0.962. The zero-order valence-electron chi connectivity index (χ0n) is 17.7. The molecule has 0 amide bonds. The maximum atomic E-state index is 2.56. The first-order valence-corrected chi connectivity index (χ1v) is 13.2. The topological polar surface area (TPSA) is 0 Å². The van der Waals surface area contributed by atoms with Crippen LogP contribution in [0.2, 0.25) is 0 Å². The number of hydrogen-bond acceptors (Lipinski definition) is 0. The van der Waals surface area contributed by atoms with Crippen molar-refractivity contribution in [1.82, 2.24) is 0 Å². The SMILES string of the molecule is Cc1ccc(C2=CC[P+](C)(C)[B-]2(c2ccc(C)cc2)c2ccc(C)cc2)cc1. The molecule has 142 valence electrons. The summed E-state index contributed by atoms with van der Waals surface area (Å²) in [4.78, 5) is 0. The quantitative estimate of drug-likeness (QED) is 0.408. The van der Waals surface area contributed by atoms with Crippen LogP contribution in [0.5, 0.6) is 0 Å². The van der Waals surface area contributed by atoms with Crippen LogP contribution < -0.4 is 10.9 Å². The molecule has 28 heavy (non-hydrogen) atoms. The van der Waals surface area contributed by atoms with E-state index in [-0.39, 0.29) is 0 Å². The van der Waals surface area contributed by atoms with Crippen molar-refractivity contribution in [3.8, 4) is 0 Å². The van der Waals surface area contributed by atoms with E-state index in [1.54, 1.807) is 5.47 Å². The lowest BCUT2D eigenvalue weighted by molar-refractivity contribution is 1.46. The summed E-state index contributed by atoms with van der Waals surface area (Å²) in [6.45, 7) is 11.7. The van der Waals surface area contributed by atoms with E-state index in [0.717, 1.165) is 0 Å². The van der Waals surface area contributed by atoms with Gasteiger partial charge in [-0.15, -0.1) is 7.14 Å². The molecule has 0 aliphatic carbocycles. The van der Waals surface area contributed by atoms with Crippen molar-refractivity contribution in [3.63, 3.8) is 0 Å². The molecule has 4 rings (SSSR count). The standard InChI is InChI=1S/C26H30BP/c1-20-6-12-23(13-7-20)26-18-19-28(4,5)27(26,24-14-8-21(2)9-15-24)25-16-10-22(3)11-17-25/h6-18H,19H2,1-5H3. The molecule has 0 N–H and O–H groups in total. The van der Waals surface area contributed by atoms with Gasteiger partial charge in [0.1, 0.15) is 0 Å². The molecule has 0 fully saturated rings. The highest BCUT2D eigenvalue weighted by atomic mass is 31.2. The summed E-state index contributed by atoms with van der Waals surface area (Å²) in [5.41, 5.74) is 9.90. The third kappa shape index (κ3) is 2.97. The number of hydrogen-bond donors (Lipinski definition) is 0. The van der Waals surface area contributed by atoms with Crippen LogP contribution in [0, 0.1) is 20.8 Å². The highest BCUT2D eigenvalue weighted by Crippen LogP contribution is 2.67. The van der Waals surface area contributed by atoms with Gasteiger partial charge in [-0.05, 0) is 20.8 Å². The molecule has 0 aromatic heterocycles. The molecule has 2 heteroatoms. The Kier molecular flexibility index (Phi) is 4.84. The van der Waals surface area contributed by atoms with Gasteiger partial charge in [0, 0.05) is 19.5 Å².